The molecule has 2 rings (SSSR count). The van der Waals surface area contributed by atoms with Gasteiger partial charge in [-0.25, -0.2) is 0 Å². The predicted octanol–water partition coefficient (Wildman–Crippen LogP) is 1.35. The summed E-state index contributed by atoms with van der Waals surface area (Å²) in [6, 6.07) is 14.2. The maximum atomic E-state index is 12.0. The number of carbonyl (C=O) groups excluding carboxylic acids is 1. The first-order valence-electron chi connectivity index (χ1n) is 7.73. The zero-order chi connectivity index (χ0) is 16.7. The molecule has 2 aromatic rings. The lowest BCUT2D eigenvalue weighted by Crippen LogP contribution is -2.42. The number of aryl methyl sites for hydroxylation is 1. The van der Waals surface area contributed by atoms with E-state index in [0.717, 1.165) is 5.56 Å². The van der Waals surface area contributed by atoms with Gasteiger partial charge in [-0.1, -0.05) is 36.4 Å². The van der Waals surface area contributed by atoms with E-state index in [2.05, 4.69) is 5.32 Å². The van der Waals surface area contributed by atoms with Crippen LogP contribution in [-0.2, 0) is 17.8 Å². The average Bonchev–Trinajstić information content (AvgIpc) is 2.55. The number of rotatable bonds is 7. The summed E-state index contributed by atoms with van der Waals surface area (Å²) >= 11 is 0. The fourth-order valence-electron chi connectivity index (χ4n) is 2.32. The fraction of sp³-hybridized carbons (Fsp3) is 0.333. The number of nitrogens with zero attached hydrogens (tertiary/aromatic N) is 1. The standard InChI is InChI=1S/C18H22N2O3/c1-14(16(21)13-15-7-3-2-4-8-15)19-17(22)10-12-20-11-6-5-9-18(20)23/h2-9,11,14,16,21H,10,12-13H2,1H3,(H,19,22). The highest BCUT2D eigenvalue weighted by Gasteiger charge is 2.16. The van der Waals surface area contributed by atoms with Crippen molar-refractivity contribution in [2.45, 2.75) is 38.5 Å². The first-order chi connectivity index (χ1) is 11.1. The summed E-state index contributed by atoms with van der Waals surface area (Å²) in [7, 11) is 0. The molecule has 1 aromatic heterocycles. The Hall–Kier alpha value is -2.40. The van der Waals surface area contributed by atoms with Crippen LogP contribution in [0.15, 0.2) is 59.5 Å². The largest absolute Gasteiger partial charge is 0.391 e. The van der Waals surface area contributed by atoms with Crippen LogP contribution < -0.4 is 10.9 Å². The molecular formula is C18H22N2O3. The van der Waals surface area contributed by atoms with E-state index in [-0.39, 0.29) is 23.9 Å². The zero-order valence-electron chi connectivity index (χ0n) is 13.2. The third kappa shape index (κ3) is 5.38. The van der Waals surface area contributed by atoms with Crippen LogP contribution in [0, 0.1) is 0 Å². The number of hydrogen-bond acceptors (Lipinski definition) is 3. The molecule has 0 spiro atoms. The topological polar surface area (TPSA) is 71.3 Å². The molecule has 2 unspecified atom stereocenters. The Morgan fingerprint density at radius 1 is 1.17 bits per heavy atom. The van der Waals surface area contributed by atoms with Crippen LogP contribution in [-0.4, -0.2) is 27.7 Å². The zero-order valence-corrected chi connectivity index (χ0v) is 13.2. The molecule has 23 heavy (non-hydrogen) atoms. The normalized spacial score (nSPS) is 13.3. The maximum absolute atomic E-state index is 12.0. The molecule has 0 aliphatic rings. The maximum Gasteiger partial charge on any atom is 0.250 e. The van der Waals surface area contributed by atoms with E-state index in [9.17, 15) is 14.7 Å². The van der Waals surface area contributed by atoms with Gasteiger partial charge in [0.15, 0.2) is 0 Å². The van der Waals surface area contributed by atoms with Crippen molar-refractivity contribution in [3.05, 3.63) is 70.6 Å². The second-order valence-corrected chi connectivity index (χ2v) is 5.60. The number of pyridine rings is 1. The predicted molar refractivity (Wildman–Crippen MR) is 89.1 cm³/mol. The van der Waals surface area contributed by atoms with Crippen LogP contribution in [0.4, 0.5) is 0 Å². The quantitative estimate of drug-likeness (QED) is 0.810. The Bertz CT molecular complexity index is 682. The number of carbonyl (C=O) groups is 1. The van der Waals surface area contributed by atoms with Crippen LogP contribution in [0.3, 0.4) is 0 Å². The molecule has 0 aliphatic carbocycles. The monoisotopic (exact) mass is 314 g/mol. The molecule has 2 N–H and O–H groups in total. The van der Waals surface area contributed by atoms with E-state index in [1.54, 1.807) is 25.3 Å². The Morgan fingerprint density at radius 3 is 2.57 bits per heavy atom. The summed E-state index contributed by atoms with van der Waals surface area (Å²) in [5.41, 5.74) is 0.898. The first kappa shape index (κ1) is 17.0. The van der Waals surface area contributed by atoms with Crippen molar-refractivity contribution >= 4 is 5.91 Å². The highest BCUT2D eigenvalue weighted by Crippen LogP contribution is 2.06. The highest BCUT2D eigenvalue weighted by molar-refractivity contribution is 5.76. The lowest BCUT2D eigenvalue weighted by molar-refractivity contribution is -0.122. The molecule has 5 nitrogen and oxygen atoms in total. The van der Waals surface area contributed by atoms with E-state index in [1.807, 2.05) is 30.3 Å². The van der Waals surface area contributed by atoms with Gasteiger partial charge in [-0.05, 0) is 18.6 Å². The van der Waals surface area contributed by atoms with E-state index in [1.165, 1.54) is 10.6 Å². The number of aliphatic hydroxyl groups excluding tert-OH is 1. The van der Waals surface area contributed by atoms with Crippen LogP contribution >= 0.6 is 0 Å². The molecule has 0 saturated heterocycles. The van der Waals surface area contributed by atoms with Crippen LogP contribution in [0.25, 0.3) is 0 Å². The Morgan fingerprint density at radius 2 is 1.87 bits per heavy atom. The summed E-state index contributed by atoms with van der Waals surface area (Å²) in [6.07, 6.45) is 1.69. The Labute approximate surface area is 135 Å². The molecule has 1 aromatic carbocycles. The van der Waals surface area contributed by atoms with Gasteiger partial charge in [0, 0.05) is 31.6 Å². The smallest absolute Gasteiger partial charge is 0.250 e. The minimum Gasteiger partial charge on any atom is -0.391 e. The van der Waals surface area contributed by atoms with Gasteiger partial charge < -0.3 is 15.0 Å². The van der Waals surface area contributed by atoms with Gasteiger partial charge in [0.2, 0.25) is 5.91 Å². The summed E-state index contributed by atoms with van der Waals surface area (Å²) in [5, 5.41) is 13.0. The Kier molecular flexibility index (Phi) is 6.11. The van der Waals surface area contributed by atoms with E-state index in [0.29, 0.717) is 13.0 Å². The first-order valence-corrected chi connectivity index (χ1v) is 7.73. The van der Waals surface area contributed by atoms with Crippen molar-refractivity contribution in [1.82, 2.24) is 9.88 Å². The minimum atomic E-state index is -0.652. The molecule has 0 fully saturated rings. The van der Waals surface area contributed by atoms with Crippen molar-refractivity contribution in [1.29, 1.82) is 0 Å². The van der Waals surface area contributed by atoms with Crippen LogP contribution in [0.5, 0.6) is 0 Å². The fourth-order valence-corrected chi connectivity index (χ4v) is 2.32. The number of aromatic nitrogens is 1. The van der Waals surface area contributed by atoms with Crippen molar-refractivity contribution in [3.63, 3.8) is 0 Å². The molecule has 1 amide bonds. The molecule has 0 radical (unpaired) electrons. The van der Waals surface area contributed by atoms with Crippen molar-refractivity contribution in [2.24, 2.45) is 0 Å². The van der Waals surface area contributed by atoms with E-state index < -0.39 is 6.10 Å². The van der Waals surface area contributed by atoms with Crippen molar-refractivity contribution < 1.29 is 9.90 Å². The molecular weight excluding hydrogens is 292 g/mol. The third-order valence-electron chi connectivity index (χ3n) is 3.73. The van der Waals surface area contributed by atoms with Gasteiger partial charge in [-0.3, -0.25) is 9.59 Å². The summed E-state index contributed by atoms with van der Waals surface area (Å²) in [6.45, 7) is 2.10. The van der Waals surface area contributed by atoms with E-state index in [4.69, 9.17) is 0 Å². The second-order valence-electron chi connectivity index (χ2n) is 5.60. The van der Waals surface area contributed by atoms with Gasteiger partial charge in [-0.2, -0.15) is 0 Å². The molecule has 2 atom stereocenters. The second kappa shape index (κ2) is 8.29. The minimum absolute atomic E-state index is 0.127. The molecule has 0 saturated carbocycles. The summed E-state index contributed by atoms with van der Waals surface area (Å²) in [4.78, 5) is 23.5. The third-order valence-corrected chi connectivity index (χ3v) is 3.73. The van der Waals surface area contributed by atoms with Gasteiger partial charge in [-0.15, -0.1) is 0 Å². The lowest BCUT2D eigenvalue weighted by atomic mass is 10.0. The lowest BCUT2D eigenvalue weighted by Gasteiger charge is -2.20. The van der Waals surface area contributed by atoms with Gasteiger partial charge in [0.05, 0.1) is 12.1 Å². The van der Waals surface area contributed by atoms with Gasteiger partial charge in [0.1, 0.15) is 0 Å². The number of benzene rings is 1. The molecule has 0 bridgehead atoms. The molecule has 122 valence electrons. The van der Waals surface area contributed by atoms with Gasteiger partial charge in [0.25, 0.3) is 5.56 Å². The number of aliphatic hydroxyl groups is 1. The average molecular weight is 314 g/mol. The number of hydrogen-bond donors (Lipinski definition) is 2. The van der Waals surface area contributed by atoms with Crippen molar-refractivity contribution in [2.75, 3.05) is 0 Å². The van der Waals surface area contributed by atoms with Gasteiger partial charge >= 0.3 is 0 Å². The SMILES string of the molecule is CC(NC(=O)CCn1ccccc1=O)C(O)Cc1ccccc1. The molecule has 5 heteroatoms. The van der Waals surface area contributed by atoms with E-state index >= 15 is 0 Å². The number of nitrogens with one attached hydrogen (secondary N) is 1. The molecule has 1 heterocycles. The summed E-state index contributed by atoms with van der Waals surface area (Å²) < 4.78 is 1.49. The molecule has 0 aliphatic heterocycles. The number of amides is 1. The van der Waals surface area contributed by atoms with Crippen LogP contribution in [0.1, 0.15) is 18.9 Å². The Balaban J connectivity index is 1.80. The summed E-state index contributed by atoms with van der Waals surface area (Å²) in [5.74, 6) is -0.180. The highest BCUT2D eigenvalue weighted by atomic mass is 16.3. The van der Waals surface area contributed by atoms with Crippen LogP contribution in [0.2, 0.25) is 0 Å². The van der Waals surface area contributed by atoms with Crippen molar-refractivity contribution in [3.8, 4) is 0 Å².